The van der Waals surface area contributed by atoms with Crippen molar-refractivity contribution in [3.05, 3.63) is 115 Å². The quantitative estimate of drug-likeness (QED) is 0.322. The Bertz CT molecular complexity index is 1670. The second-order valence-corrected chi connectivity index (χ2v) is 10.2. The number of anilines is 1. The van der Waals surface area contributed by atoms with Crippen molar-refractivity contribution in [2.75, 3.05) is 26.0 Å². The molecular weight excluding hydrogens is 565 g/mol. The number of ether oxygens (including phenoxy) is 1. The van der Waals surface area contributed by atoms with E-state index in [1.165, 1.54) is 10.6 Å². The first-order chi connectivity index (χ1) is 19.8. The van der Waals surface area contributed by atoms with Gasteiger partial charge in [-0.1, -0.05) is 35.3 Å². The fourth-order valence-electron chi connectivity index (χ4n) is 4.66. The number of carbonyl (C=O) groups excluding carboxylic acids is 2. The van der Waals surface area contributed by atoms with Gasteiger partial charge in [0.25, 0.3) is 17.4 Å². The van der Waals surface area contributed by atoms with Gasteiger partial charge in [-0.25, -0.2) is 9.55 Å². The lowest BCUT2D eigenvalue weighted by Gasteiger charge is -2.29. The van der Waals surface area contributed by atoms with Crippen LogP contribution < -0.4 is 20.9 Å². The lowest BCUT2D eigenvalue weighted by atomic mass is 10.0. The smallest absolute Gasteiger partial charge is 0.263 e. The van der Waals surface area contributed by atoms with Gasteiger partial charge in [-0.3, -0.25) is 14.4 Å². The van der Waals surface area contributed by atoms with Crippen LogP contribution in [-0.4, -0.2) is 47.0 Å². The van der Waals surface area contributed by atoms with E-state index in [1.807, 2.05) is 24.3 Å². The van der Waals surface area contributed by atoms with Crippen LogP contribution in [0.1, 0.15) is 37.5 Å². The highest BCUT2D eigenvalue weighted by Gasteiger charge is 2.27. The van der Waals surface area contributed by atoms with Crippen LogP contribution >= 0.6 is 23.2 Å². The summed E-state index contributed by atoms with van der Waals surface area (Å²) in [7, 11) is 3.17. The van der Waals surface area contributed by atoms with Crippen LogP contribution in [0.5, 0.6) is 5.75 Å². The fraction of sp³-hybridized carbons (Fsp3) is 0.200. The number of nitrogens with one attached hydrogen (secondary N) is 2. The highest BCUT2D eigenvalue weighted by Crippen LogP contribution is 2.26. The first-order valence-corrected chi connectivity index (χ1v) is 13.6. The molecule has 1 aromatic heterocycles. The molecule has 0 aliphatic carbocycles. The summed E-state index contributed by atoms with van der Waals surface area (Å²) >= 11 is 12.2. The predicted octanol–water partition coefficient (Wildman–Crippen LogP) is 4.72. The van der Waals surface area contributed by atoms with E-state index >= 15 is 0 Å². The van der Waals surface area contributed by atoms with E-state index in [1.54, 1.807) is 55.5 Å². The zero-order valence-electron chi connectivity index (χ0n) is 22.4. The SMILES string of the molecule is CNC(=O)c1ccc(-n2c(NCc3ccc(OC)cc3)nc3c(c2=O)CCN(C(=O)c2ccc(Cl)c(Cl)c2)C3)cc1. The van der Waals surface area contributed by atoms with Gasteiger partial charge in [-0.15, -0.1) is 0 Å². The average molecular weight is 592 g/mol. The molecule has 2 N–H and O–H groups in total. The van der Waals surface area contributed by atoms with E-state index in [0.29, 0.717) is 63.6 Å². The molecule has 0 radical (unpaired) electrons. The largest absolute Gasteiger partial charge is 0.497 e. The average Bonchev–Trinajstić information content (AvgIpc) is 3.00. The summed E-state index contributed by atoms with van der Waals surface area (Å²) in [6.07, 6.45) is 0.337. The Hall–Kier alpha value is -4.34. The molecule has 4 aromatic rings. The fourth-order valence-corrected chi connectivity index (χ4v) is 4.96. The van der Waals surface area contributed by atoms with Gasteiger partial charge in [0.2, 0.25) is 5.95 Å². The minimum Gasteiger partial charge on any atom is -0.497 e. The van der Waals surface area contributed by atoms with Crippen LogP contribution in [-0.2, 0) is 19.5 Å². The lowest BCUT2D eigenvalue weighted by molar-refractivity contribution is 0.0731. The molecule has 2 heterocycles. The standard InChI is InChI=1S/C30H27Cl2N5O4/c1-33-27(38)19-5-8-21(9-6-19)37-29(40)23-13-14-36(28(39)20-7-12-24(31)25(32)15-20)17-26(23)35-30(37)34-16-18-3-10-22(41-2)11-4-18/h3-12,15H,13-14,16-17H2,1-2H3,(H,33,38)(H,34,35). The molecule has 9 nitrogen and oxygen atoms in total. The van der Waals surface area contributed by atoms with Crippen LogP contribution in [0.15, 0.2) is 71.5 Å². The van der Waals surface area contributed by atoms with Gasteiger partial charge in [-0.2, -0.15) is 0 Å². The van der Waals surface area contributed by atoms with Crippen LogP contribution in [0.2, 0.25) is 10.0 Å². The summed E-state index contributed by atoms with van der Waals surface area (Å²) in [6.45, 7) is 0.895. The maximum atomic E-state index is 13.9. The van der Waals surface area contributed by atoms with Crippen LogP contribution in [0.25, 0.3) is 5.69 Å². The third-order valence-electron chi connectivity index (χ3n) is 6.91. The zero-order chi connectivity index (χ0) is 29.1. The van der Waals surface area contributed by atoms with E-state index < -0.39 is 0 Å². The van der Waals surface area contributed by atoms with E-state index in [0.717, 1.165) is 11.3 Å². The van der Waals surface area contributed by atoms with Crippen molar-refractivity contribution in [1.29, 1.82) is 0 Å². The Labute approximate surface area is 246 Å². The third kappa shape index (κ3) is 5.91. The van der Waals surface area contributed by atoms with Gasteiger partial charge in [0.15, 0.2) is 0 Å². The van der Waals surface area contributed by atoms with E-state index in [-0.39, 0.29) is 23.9 Å². The lowest BCUT2D eigenvalue weighted by Crippen LogP contribution is -2.40. The number of nitrogens with zero attached hydrogens (tertiary/aromatic N) is 3. The van der Waals surface area contributed by atoms with Crippen molar-refractivity contribution in [2.24, 2.45) is 0 Å². The number of amides is 2. The van der Waals surface area contributed by atoms with E-state index in [9.17, 15) is 14.4 Å². The van der Waals surface area contributed by atoms with Crippen LogP contribution in [0.4, 0.5) is 5.95 Å². The van der Waals surface area contributed by atoms with Gasteiger partial charge in [-0.05, 0) is 66.6 Å². The highest BCUT2D eigenvalue weighted by molar-refractivity contribution is 6.42. The van der Waals surface area contributed by atoms with Gasteiger partial charge in [0, 0.05) is 36.8 Å². The number of rotatable bonds is 7. The molecule has 0 saturated heterocycles. The number of carbonyl (C=O) groups is 2. The molecule has 2 amide bonds. The van der Waals surface area contributed by atoms with Gasteiger partial charge < -0.3 is 20.3 Å². The maximum absolute atomic E-state index is 13.9. The van der Waals surface area contributed by atoms with E-state index in [2.05, 4.69) is 10.6 Å². The minimum absolute atomic E-state index is 0.164. The molecular formula is C30H27Cl2N5O4. The summed E-state index contributed by atoms with van der Waals surface area (Å²) in [5.74, 6) is 0.608. The monoisotopic (exact) mass is 591 g/mol. The molecule has 0 bridgehead atoms. The summed E-state index contributed by atoms with van der Waals surface area (Å²) in [5, 5.41) is 6.55. The summed E-state index contributed by atoms with van der Waals surface area (Å²) in [4.78, 5) is 45.7. The number of methoxy groups -OCH3 is 1. The topological polar surface area (TPSA) is 106 Å². The van der Waals surface area contributed by atoms with Crippen molar-refractivity contribution in [1.82, 2.24) is 19.8 Å². The molecule has 0 fully saturated rings. The minimum atomic E-state index is -0.235. The molecule has 0 unspecified atom stereocenters. The molecule has 1 aliphatic heterocycles. The van der Waals surface area contributed by atoms with Crippen molar-refractivity contribution in [3.8, 4) is 11.4 Å². The summed E-state index contributed by atoms with van der Waals surface area (Å²) < 4.78 is 6.75. The number of hydrogen-bond donors (Lipinski definition) is 2. The molecule has 0 spiro atoms. The molecule has 1 aliphatic rings. The normalized spacial score (nSPS) is 12.4. The summed E-state index contributed by atoms with van der Waals surface area (Å²) in [5.41, 5.74) is 3.21. The molecule has 0 atom stereocenters. The number of benzene rings is 3. The van der Waals surface area contributed by atoms with Gasteiger partial charge >= 0.3 is 0 Å². The Morgan fingerprint density at radius 2 is 1.68 bits per heavy atom. The number of aromatic nitrogens is 2. The Kier molecular flexibility index (Phi) is 8.28. The Morgan fingerprint density at radius 3 is 2.34 bits per heavy atom. The highest BCUT2D eigenvalue weighted by atomic mass is 35.5. The number of fused-ring (bicyclic) bond motifs is 1. The first kappa shape index (κ1) is 28.2. The van der Waals surface area contributed by atoms with Crippen LogP contribution in [0, 0.1) is 0 Å². The number of hydrogen-bond acceptors (Lipinski definition) is 6. The van der Waals surface area contributed by atoms with Gasteiger partial charge in [0.05, 0.1) is 35.1 Å². The molecule has 41 heavy (non-hydrogen) atoms. The molecule has 11 heteroatoms. The van der Waals surface area contributed by atoms with Crippen molar-refractivity contribution in [3.63, 3.8) is 0 Å². The van der Waals surface area contributed by atoms with Crippen molar-refractivity contribution in [2.45, 2.75) is 19.5 Å². The number of halogens is 2. The molecule has 3 aromatic carbocycles. The van der Waals surface area contributed by atoms with E-state index in [4.69, 9.17) is 32.9 Å². The third-order valence-corrected chi connectivity index (χ3v) is 7.65. The van der Waals surface area contributed by atoms with Crippen molar-refractivity contribution >= 4 is 41.0 Å². The van der Waals surface area contributed by atoms with Gasteiger partial charge in [0.1, 0.15) is 5.75 Å². The Balaban J connectivity index is 1.50. The predicted molar refractivity (Wildman–Crippen MR) is 158 cm³/mol. The maximum Gasteiger partial charge on any atom is 0.263 e. The zero-order valence-corrected chi connectivity index (χ0v) is 23.9. The Morgan fingerprint density at radius 1 is 0.976 bits per heavy atom. The molecule has 210 valence electrons. The van der Waals surface area contributed by atoms with Crippen LogP contribution in [0.3, 0.4) is 0 Å². The second-order valence-electron chi connectivity index (χ2n) is 9.43. The molecule has 5 rings (SSSR count). The van der Waals surface area contributed by atoms with Crippen molar-refractivity contribution < 1.29 is 14.3 Å². The second kappa shape index (κ2) is 12.0. The first-order valence-electron chi connectivity index (χ1n) is 12.9. The molecule has 0 saturated carbocycles. The summed E-state index contributed by atoms with van der Waals surface area (Å²) in [6, 6.07) is 19.0.